The molecule has 2 aliphatic carbocycles. The summed E-state index contributed by atoms with van der Waals surface area (Å²) in [6, 6.07) is 0.562. The van der Waals surface area contributed by atoms with E-state index in [1.165, 1.54) is 12.8 Å². The van der Waals surface area contributed by atoms with Crippen molar-refractivity contribution in [2.45, 2.75) is 74.4 Å². The van der Waals surface area contributed by atoms with Crippen LogP contribution in [0.1, 0.15) is 25.7 Å². The Hall–Kier alpha value is 1.24. The zero-order valence-electron chi connectivity index (χ0n) is 21.9. The van der Waals surface area contributed by atoms with Gasteiger partial charge in [-0.1, -0.05) is 12.8 Å². The Morgan fingerprint density at radius 2 is 0.511 bits per heavy atom. The molecule has 0 spiro atoms. The summed E-state index contributed by atoms with van der Waals surface area (Å²) in [5, 5.41) is 0. The molecule has 0 aliphatic heterocycles. The number of hydrogen-bond donors (Lipinski definition) is 14. The summed E-state index contributed by atoms with van der Waals surface area (Å²) in [5.41, 5.74) is 11.3. The summed E-state index contributed by atoms with van der Waals surface area (Å²) in [4.78, 5) is 110. The number of hydrogen-bond acceptors (Lipinski definition) is 14. The summed E-state index contributed by atoms with van der Waals surface area (Å²) in [6.45, 7) is 0. The summed E-state index contributed by atoms with van der Waals surface area (Å²) in [7, 11) is -36.1. The Bertz CT molecular complexity index is 998. The van der Waals surface area contributed by atoms with Gasteiger partial charge in [-0.15, -0.1) is 0 Å². The van der Waals surface area contributed by atoms with Crippen LogP contribution >= 0.6 is 46.9 Å². The van der Waals surface area contributed by atoms with Crippen LogP contribution in [0.25, 0.3) is 0 Å². The van der Waals surface area contributed by atoms with Crippen molar-refractivity contribution in [2.75, 3.05) is 0 Å². The molecule has 2 atom stereocenters. The fourth-order valence-electron chi connectivity index (χ4n) is 3.98. The van der Waals surface area contributed by atoms with Crippen molar-refractivity contribution in [3.63, 3.8) is 0 Å². The van der Waals surface area contributed by atoms with Crippen LogP contribution < -0.4 is 11.5 Å². The second-order valence-corrected chi connectivity index (χ2v) is 16.1. The predicted molar refractivity (Wildman–Crippen MR) is 136 cm³/mol. The van der Waals surface area contributed by atoms with Crippen LogP contribution in [-0.4, -0.2) is 107 Å². The number of phosphoric ester groups is 6. The molecular weight excluding hydrogens is 848 g/mol. The van der Waals surface area contributed by atoms with Crippen LogP contribution in [0.5, 0.6) is 0 Å². The van der Waals surface area contributed by atoms with Gasteiger partial charge >= 0.3 is 67.4 Å². The Morgan fingerprint density at radius 1 is 0.378 bits per heavy atom. The van der Waals surface area contributed by atoms with Crippen molar-refractivity contribution in [3.8, 4) is 0 Å². The molecule has 0 aromatic heterocycles. The first-order valence-electron chi connectivity index (χ1n) is 11.3. The smallest absolute Gasteiger partial charge is 0.326 e. The largest absolute Gasteiger partial charge is 2.00 e. The average molecular weight is 881 g/mol. The first-order valence-corrected chi connectivity index (χ1v) is 20.5. The van der Waals surface area contributed by atoms with Gasteiger partial charge in [-0.3, -0.25) is 27.1 Å². The molecule has 0 aromatic rings. The van der Waals surface area contributed by atoms with Crippen molar-refractivity contribution in [2.24, 2.45) is 11.5 Å². The first-order chi connectivity index (χ1) is 19.4. The van der Waals surface area contributed by atoms with Gasteiger partial charge in [-0.05, 0) is 12.8 Å². The third kappa shape index (κ3) is 19.3. The van der Waals surface area contributed by atoms with Crippen molar-refractivity contribution < 1.29 is 134 Å². The third-order valence-electron chi connectivity index (χ3n) is 5.37. The van der Waals surface area contributed by atoms with Crippen molar-refractivity contribution >= 4 is 46.9 Å². The van der Waals surface area contributed by atoms with Gasteiger partial charge in [0.15, 0.2) is 0 Å². The van der Waals surface area contributed by atoms with Crippen molar-refractivity contribution in [3.05, 3.63) is 0 Å². The Morgan fingerprint density at radius 3 is 0.600 bits per heavy atom. The van der Waals surface area contributed by atoms with Crippen molar-refractivity contribution in [1.29, 1.82) is 0 Å². The molecular formula is C12H32N2O24P6Pd+2. The van der Waals surface area contributed by atoms with E-state index in [0.29, 0.717) is 0 Å². The van der Waals surface area contributed by atoms with E-state index >= 15 is 0 Å². The average Bonchev–Trinajstić information content (AvgIpc) is 2.73. The molecule has 2 aliphatic rings. The van der Waals surface area contributed by atoms with E-state index in [0.717, 1.165) is 12.8 Å². The van der Waals surface area contributed by atoms with Gasteiger partial charge in [0.25, 0.3) is 0 Å². The standard InChI is InChI=1S/C6H14N2.C6H18O24P6.Pd/c7-5-3-1-2-4-6(5)8;7-31(8,9)25-1-2(26-32(10,11)12)4(28-34(16,17)18)6(30-36(22,23)24)5(29-35(19,20)21)3(1)27-33(13,14)15;/h5-6H,1-4,7-8H2;1-6H,(H2,7,8,9)(H2,10,11,12)(H2,13,14,15)(H2,16,17,18)(H2,19,20,21)(H2,22,23,24);/q;;+2/t5-,6-;;/m1../s1. The third-order valence-corrected chi connectivity index (χ3v) is 8.48. The Balaban J connectivity index is 0.00000186. The topological polar surface area (TPSA) is 453 Å². The summed E-state index contributed by atoms with van der Waals surface area (Å²) in [5.74, 6) is 0. The van der Waals surface area contributed by atoms with Crippen molar-refractivity contribution in [1.82, 2.24) is 0 Å². The van der Waals surface area contributed by atoms with Gasteiger partial charge < -0.3 is 70.2 Å². The fraction of sp³-hybridized carbons (Fsp3) is 1.00. The quantitative estimate of drug-likeness (QED) is 0.0689. The van der Waals surface area contributed by atoms with Crippen LogP contribution in [0.2, 0.25) is 0 Å². The maximum absolute atomic E-state index is 11.4. The Labute approximate surface area is 266 Å². The van der Waals surface area contributed by atoms with Crippen LogP contribution in [0, 0.1) is 0 Å². The van der Waals surface area contributed by atoms with E-state index in [2.05, 4.69) is 27.1 Å². The zero-order valence-corrected chi connectivity index (χ0v) is 28.8. The molecule has 2 fully saturated rings. The van der Waals surface area contributed by atoms with Crippen LogP contribution in [0.3, 0.4) is 0 Å². The second kappa shape index (κ2) is 17.4. The molecule has 33 heteroatoms. The maximum atomic E-state index is 11.4. The van der Waals surface area contributed by atoms with Gasteiger partial charge in [-0.2, -0.15) is 0 Å². The summed E-state index contributed by atoms with van der Waals surface area (Å²) < 4.78 is 93.1. The molecule has 0 bridgehead atoms. The van der Waals surface area contributed by atoms with Gasteiger partial charge in [-0.25, -0.2) is 27.4 Å². The minimum absolute atomic E-state index is 0. The molecule has 0 unspecified atom stereocenters. The molecule has 2 saturated carbocycles. The zero-order chi connectivity index (χ0) is 34.7. The number of phosphoric acid groups is 6. The molecule has 26 nitrogen and oxygen atoms in total. The molecule has 0 radical (unpaired) electrons. The van der Waals surface area contributed by atoms with Crippen LogP contribution in [0.4, 0.5) is 0 Å². The molecule has 0 saturated heterocycles. The van der Waals surface area contributed by atoms with E-state index in [1.54, 1.807) is 0 Å². The fourth-order valence-corrected chi connectivity index (χ4v) is 7.32. The summed E-state index contributed by atoms with van der Waals surface area (Å²) in [6.07, 6.45) is -14.1. The molecule has 2 rings (SSSR count). The van der Waals surface area contributed by atoms with Gasteiger partial charge in [0, 0.05) is 12.1 Å². The normalized spacial score (nSPS) is 30.5. The molecule has 0 heterocycles. The maximum Gasteiger partial charge on any atom is 2.00 e. The molecule has 0 amide bonds. The van der Waals surface area contributed by atoms with Crippen LogP contribution in [-0.2, 0) is 75.0 Å². The molecule has 272 valence electrons. The monoisotopic (exact) mass is 880 g/mol. The van der Waals surface area contributed by atoms with E-state index in [9.17, 15) is 27.4 Å². The Kier molecular flexibility index (Phi) is 17.9. The molecule has 45 heavy (non-hydrogen) atoms. The van der Waals surface area contributed by atoms with Crippen LogP contribution in [0.15, 0.2) is 0 Å². The number of rotatable bonds is 12. The molecule has 16 N–H and O–H groups in total. The first kappa shape index (κ1) is 46.2. The number of nitrogens with two attached hydrogens (primary N) is 2. The van der Waals surface area contributed by atoms with Gasteiger partial charge in [0.2, 0.25) is 0 Å². The predicted octanol–water partition coefficient (Wildman–Crippen LogP) is -2.92. The van der Waals surface area contributed by atoms with E-state index in [1.807, 2.05) is 0 Å². The second-order valence-electron chi connectivity index (χ2n) is 8.98. The molecule has 0 aromatic carbocycles. The summed E-state index contributed by atoms with van der Waals surface area (Å²) >= 11 is 0. The minimum atomic E-state index is -6.02. The SMILES string of the molecule is N[C@@H]1CCCC[C@H]1N.O=P(O)(O)OC1C(OP(=O)(O)O)C(OP(=O)(O)O)C(OP(=O)(O)O)C(OP(=O)(O)O)C1OP(=O)(O)O.[Pd+2]. The van der Waals surface area contributed by atoms with E-state index in [-0.39, 0.29) is 32.5 Å². The van der Waals surface area contributed by atoms with Gasteiger partial charge in [0.1, 0.15) is 36.6 Å². The van der Waals surface area contributed by atoms with E-state index in [4.69, 9.17) is 70.2 Å². The van der Waals surface area contributed by atoms with Gasteiger partial charge in [0.05, 0.1) is 0 Å². The van der Waals surface area contributed by atoms with E-state index < -0.39 is 83.6 Å². The minimum Gasteiger partial charge on any atom is -0.326 e.